The summed E-state index contributed by atoms with van der Waals surface area (Å²) < 4.78 is 238. The van der Waals surface area contributed by atoms with Crippen LogP contribution in [0.3, 0.4) is 0 Å². The fraction of sp³-hybridized carbons (Fsp3) is 0.0476. The Morgan fingerprint density at radius 3 is 1.91 bits per heavy atom. The van der Waals surface area contributed by atoms with Crippen LogP contribution >= 0.6 is 0 Å². The zero-order chi connectivity index (χ0) is 51.0. The molecule has 0 amide bonds. The second kappa shape index (κ2) is 9.58. The molecule has 0 saturated heterocycles. The summed E-state index contributed by atoms with van der Waals surface area (Å²) in [5.41, 5.74) is -6.52. The third-order valence-corrected chi connectivity index (χ3v) is 7.10. The SMILES string of the molecule is [2H]C1=C(c2c([2H])c([2H])c([2H])c(-c3c4c([2H])c([2H])c([2H])c([2H])c4c(-c4c([2H])c([2H])c([2H])c5c4oc4c([2H])c([2H])c([2H])c([2H])c45)c4c([2H])c([2H])c([2H])c([2H])c34)c2[2H])C([2H])C([2H])c2c([2H])c([2H])c([2H])c([2H])c21. The Morgan fingerprint density at radius 2 is 1.12 bits per heavy atom. The summed E-state index contributed by atoms with van der Waals surface area (Å²) in [6.07, 6.45) is -3.89. The molecule has 43 heavy (non-hydrogen) atoms. The van der Waals surface area contributed by atoms with E-state index in [9.17, 15) is 11.0 Å². The highest BCUT2D eigenvalue weighted by atomic mass is 16.3. The van der Waals surface area contributed by atoms with Gasteiger partial charge >= 0.3 is 0 Å². The van der Waals surface area contributed by atoms with E-state index in [-0.39, 0.29) is 0 Å². The van der Waals surface area contributed by atoms with Gasteiger partial charge in [0.25, 0.3) is 0 Å². The summed E-state index contributed by atoms with van der Waals surface area (Å²) in [6, 6.07) is -21.4. The summed E-state index contributed by atoms with van der Waals surface area (Å²) >= 11 is 0. The maximum Gasteiger partial charge on any atom is 0.143 e. The fourth-order valence-corrected chi connectivity index (χ4v) is 5.27. The van der Waals surface area contributed by atoms with E-state index >= 15 is 0 Å². The maximum atomic E-state index is 9.76. The van der Waals surface area contributed by atoms with E-state index in [4.69, 9.17) is 29.1 Å². The highest BCUT2D eigenvalue weighted by molar-refractivity contribution is 6.24. The van der Waals surface area contributed by atoms with Gasteiger partial charge in [-0.15, -0.1) is 0 Å². The molecule has 202 valence electrons. The van der Waals surface area contributed by atoms with Crippen molar-refractivity contribution in [2.45, 2.75) is 12.8 Å². The molecular weight excluding hydrogens is 520 g/mol. The van der Waals surface area contributed by atoms with Crippen molar-refractivity contribution in [3.63, 3.8) is 0 Å². The molecule has 8 aromatic rings. The molecule has 0 bridgehead atoms. The topological polar surface area (TPSA) is 13.1 Å². The number of fused-ring (bicyclic) bond motifs is 6. The van der Waals surface area contributed by atoms with Crippen LogP contribution in [0.4, 0.5) is 0 Å². The second-order valence-corrected chi connectivity index (χ2v) is 9.42. The molecule has 1 aliphatic rings. The molecule has 2 atom stereocenters. The van der Waals surface area contributed by atoms with Crippen molar-refractivity contribution in [3.05, 3.63) is 156 Å². The Labute approximate surface area is 286 Å². The van der Waals surface area contributed by atoms with Crippen LogP contribution < -0.4 is 0 Å². The number of hydrogen-bond donors (Lipinski definition) is 0. The van der Waals surface area contributed by atoms with Crippen molar-refractivity contribution < 1.29 is 40.1 Å². The molecule has 7 aromatic carbocycles. The van der Waals surface area contributed by atoms with Crippen LogP contribution in [0.25, 0.3) is 77.4 Å². The van der Waals surface area contributed by atoms with Gasteiger partial charge in [-0.1, -0.05) is 133 Å². The first-order chi connectivity index (χ1) is 32.2. The average molecular weight is 575 g/mol. The lowest BCUT2D eigenvalue weighted by atomic mass is 9.84. The molecule has 1 aromatic heterocycles. The third-order valence-electron chi connectivity index (χ3n) is 7.10. The Kier molecular flexibility index (Phi) is 2.19. The predicted molar refractivity (Wildman–Crippen MR) is 182 cm³/mol. The first-order valence-electron chi connectivity index (χ1n) is 26.0. The van der Waals surface area contributed by atoms with E-state index in [1.165, 1.54) is 0 Å². The zero-order valence-corrected chi connectivity index (χ0v) is 21.6. The Balaban J connectivity index is 1.58. The monoisotopic (exact) mass is 574 g/mol. The summed E-state index contributed by atoms with van der Waals surface area (Å²) in [5, 5.41) is -3.73. The van der Waals surface area contributed by atoms with Crippen LogP contribution in [-0.4, -0.2) is 0 Å². The lowest BCUT2D eigenvalue weighted by molar-refractivity contribution is 0.670. The molecule has 1 aliphatic carbocycles. The van der Waals surface area contributed by atoms with E-state index in [1.807, 2.05) is 0 Å². The minimum atomic E-state index is -2.00. The van der Waals surface area contributed by atoms with Gasteiger partial charge in [0.2, 0.25) is 0 Å². The van der Waals surface area contributed by atoms with Gasteiger partial charge in [-0.05, 0) is 79.8 Å². The van der Waals surface area contributed by atoms with Gasteiger partial charge in [0.05, 0.1) is 32.9 Å². The number of benzene rings is 7. The molecule has 1 nitrogen and oxygen atoms in total. The number of para-hydroxylation sites is 2. The minimum absolute atomic E-state index is 0.417. The Hall–Kier alpha value is -5.40. The van der Waals surface area contributed by atoms with Crippen molar-refractivity contribution in [2.24, 2.45) is 0 Å². The molecule has 0 aliphatic heterocycles. The fourth-order valence-electron chi connectivity index (χ4n) is 5.27. The number of furan rings is 1. The first kappa shape index (κ1) is 9.82. The first-order valence-corrected chi connectivity index (χ1v) is 12.8. The lowest BCUT2D eigenvalue weighted by Crippen LogP contribution is -1.99. The van der Waals surface area contributed by atoms with E-state index < -0.39 is 246 Å². The van der Waals surface area contributed by atoms with Crippen molar-refractivity contribution in [2.75, 3.05) is 0 Å². The third kappa shape index (κ3) is 3.78. The van der Waals surface area contributed by atoms with E-state index in [0.717, 1.165) is 0 Å². The van der Waals surface area contributed by atoms with E-state index in [0.29, 0.717) is 0 Å². The Bertz CT molecular complexity index is 3730. The number of hydrogen-bond acceptors (Lipinski definition) is 1. The van der Waals surface area contributed by atoms with Crippen LogP contribution in [0, 0.1) is 0 Å². The molecule has 2 unspecified atom stereocenters. The highest BCUT2D eigenvalue weighted by Crippen LogP contribution is 2.46. The largest absolute Gasteiger partial charge is 0.455 e. The van der Waals surface area contributed by atoms with Crippen LogP contribution in [-0.2, 0) is 6.40 Å². The van der Waals surface area contributed by atoms with Crippen molar-refractivity contribution in [1.29, 1.82) is 0 Å². The van der Waals surface area contributed by atoms with Gasteiger partial charge in [0, 0.05) is 24.6 Å². The molecule has 0 N–H and O–H groups in total. The standard InChI is InChI=1S/C42H28O/c1-2-12-28-25-30(24-23-27(28)11-1)29-13-9-14-31(26-29)40-33-16-3-5-18-35(33)41(36-19-6-4-17-34(36)40)38-21-10-20-37-32-15-7-8-22-39(32)43-42(37)38/h1-22,25-26H,23-24H2/i1D,2D,3D,4D,5D,6D,7D,8D,9D,10D,11D,12D,13D,14D,15D,16D,17D,18D,19D,20D,21D,22D,23D,24D,25D,26D. The number of allylic oxidation sites excluding steroid dienone is 1. The quantitative estimate of drug-likeness (QED) is 0.191. The maximum absolute atomic E-state index is 9.76. The molecule has 0 fully saturated rings. The molecule has 9 rings (SSSR count). The average Bonchev–Trinajstić information content (AvgIpc) is 3.72. The van der Waals surface area contributed by atoms with Crippen LogP contribution in [0.2, 0.25) is 0 Å². The minimum Gasteiger partial charge on any atom is -0.455 e. The van der Waals surface area contributed by atoms with Gasteiger partial charge in [0.15, 0.2) is 0 Å². The second-order valence-electron chi connectivity index (χ2n) is 9.42. The summed E-state index contributed by atoms with van der Waals surface area (Å²) in [4.78, 5) is 0. The molecular formula is C42H28O. The van der Waals surface area contributed by atoms with Crippen molar-refractivity contribution in [1.82, 2.24) is 0 Å². The molecule has 1 heterocycles. The van der Waals surface area contributed by atoms with E-state index in [2.05, 4.69) is 0 Å². The van der Waals surface area contributed by atoms with Gasteiger partial charge in [0.1, 0.15) is 11.2 Å². The van der Waals surface area contributed by atoms with Crippen LogP contribution in [0.5, 0.6) is 0 Å². The van der Waals surface area contributed by atoms with Crippen molar-refractivity contribution in [3.8, 4) is 22.3 Å². The van der Waals surface area contributed by atoms with Gasteiger partial charge in [-0.3, -0.25) is 0 Å². The molecule has 0 radical (unpaired) electrons. The summed E-state index contributed by atoms with van der Waals surface area (Å²) in [7, 11) is 0. The summed E-state index contributed by atoms with van der Waals surface area (Å²) in [5.74, 6) is 0. The lowest BCUT2D eigenvalue weighted by Gasteiger charge is -2.20. The zero-order valence-electron chi connectivity index (χ0n) is 47.6. The van der Waals surface area contributed by atoms with Gasteiger partial charge in [-0.2, -0.15) is 0 Å². The number of rotatable bonds is 3. The van der Waals surface area contributed by atoms with Crippen molar-refractivity contribution >= 4 is 55.1 Å². The Morgan fingerprint density at radius 1 is 0.512 bits per heavy atom. The summed E-state index contributed by atoms with van der Waals surface area (Å²) in [6.45, 7) is 0. The molecule has 0 saturated carbocycles. The molecule has 0 spiro atoms. The van der Waals surface area contributed by atoms with Crippen LogP contribution in [0.15, 0.2) is 143 Å². The normalized spacial score (nSPS) is 25.2. The molecule has 1 heteroatoms. The van der Waals surface area contributed by atoms with Gasteiger partial charge < -0.3 is 4.42 Å². The highest BCUT2D eigenvalue weighted by Gasteiger charge is 2.20. The van der Waals surface area contributed by atoms with Gasteiger partial charge in [-0.25, -0.2) is 0 Å². The predicted octanol–water partition coefficient (Wildman–Crippen LogP) is 11.7. The van der Waals surface area contributed by atoms with E-state index in [1.54, 1.807) is 0 Å². The van der Waals surface area contributed by atoms with Crippen LogP contribution in [0.1, 0.15) is 58.7 Å². The smallest absolute Gasteiger partial charge is 0.143 e.